The van der Waals surface area contributed by atoms with Gasteiger partial charge in [-0.1, -0.05) is 48.0 Å². The van der Waals surface area contributed by atoms with Crippen LogP contribution >= 0.6 is 0 Å². The predicted octanol–water partition coefficient (Wildman–Crippen LogP) is 5.03. The number of fused-ring (bicyclic) bond motifs is 1. The fourth-order valence-corrected chi connectivity index (χ4v) is 4.01. The van der Waals surface area contributed by atoms with Crippen molar-refractivity contribution >= 4 is 38.5 Å². The number of hydrogen-bond donors (Lipinski definition) is 2. The summed E-state index contributed by atoms with van der Waals surface area (Å²) in [5, 5.41) is 1.06. The van der Waals surface area contributed by atoms with Crippen LogP contribution in [-0.4, -0.2) is 19.6 Å². The average Bonchev–Trinajstić information content (AvgIpc) is 3.11. The molecule has 0 spiro atoms. The first-order valence-corrected chi connectivity index (χ1v) is 10.3. The second-order valence-corrected chi connectivity index (χ2v) is 8.17. The van der Waals surface area contributed by atoms with E-state index in [9.17, 15) is 8.42 Å². The highest BCUT2D eigenvalue weighted by molar-refractivity contribution is 7.92. The van der Waals surface area contributed by atoms with Gasteiger partial charge in [0.05, 0.1) is 16.3 Å². The predicted molar refractivity (Wildman–Crippen MR) is 114 cm³/mol. The number of aryl methyl sites for hydroxylation is 1. The van der Waals surface area contributed by atoms with Crippen LogP contribution in [0.1, 0.15) is 11.1 Å². The topological polar surface area (TPSA) is 74.3 Å². The van der Waals surface area contributed by atoms with Crippen LogP contribution < -0.4 is 4.72 Å². The molecule has 0 saturated heterocycles. The lowest BCUT2D eigenvalue weighted by molar-refractivity contribution is 0.601. The zero-order chi connectivity index (χ0) is 19.6. The van der Waals surface area contributed by atoms with Crippen LogP contribution in [0.25, 0.3) is 10.9 Å². The normalized spacial score (nSPS) is 11.9. The van der Waals surface area contributed by atoms with Gasteiger partial charge in [-0.2, -0.15) is 0 Å². The Morgan fingerprint density at radius 1 is 0.929 bits per heavy atom. The first-order valence-electron chi connectivity index (χ1n) is 8.82. The number of rotatable bonds is 5. The molecule has 0 radical (unpaired) electrons. The SMILES string of the molecule is Cc1ccc(S(=O)(=O)Nc2ccccc2N=Cc2c[nH]c3ccccc23)cc1. The number of para-hydroxylation sites is 3. The highest BCUT2D eigenvalue weighted by Crippen LogP contribution is 2.27. The summed E-state index contributed by atoms with van der Waals surface area (Å²) in [7, 11) is -3.69. The van der Waals surface area contributed by atoms with Gasteiger partial charge in [0.1, 0.15) is 0 Å². The van der Waals surface area contributed by atoms with Gasteiger partial charge in [0, 0.05) is 28.9 Å². The lowest BCUT2D eigenvalue weighted by Gasteiger charge is -2.10. The molecule has 0 aliphatic rings. The maximum Gasteiger partial charge on any atom is 0.261 e. The summed E-state index contributed by atoms with van der Waals surface area (Å²) in [5.74, 6) is 0. The Labute approximate surface area is 163 Å². The van der Waals surface area contributed by atoms with Crippen molar-refractivity contribution in [3.8, 4) is 0 Å². The van der Waals surface area contributed by atoms with Crippen LogP contribution in [0, 0.1) is 6.92 Å². The van der Waals surface area contributed by atoms with E-state index in [-0.39, 0.29) is 4.90 Å². The third kappa shape index (κ3) is 3.68. The van der Waals surface area contributed by atoms with Crippen molar-refractivity contribution in [2.45, 2.75) is 11.8 Å². The largest absolute Gasteiger partial charge is 0.361 e. The Bertz CT molecular complexity index is 1260. The second-order valence-electron chi connectivity index (χ2n) is 6.48. The molecule has 28 heavy (non-hydrogen) atoms. The minimum Gasteiger partial charge on any atom is -0.361 e. The van der Waals surface area contributed by atoms with Crippen molar-refractivity contribution in [1.82, 2.24) is 4.98 Å². The van der Waals surface area contributed by atoms with Crippen molar-refractivity contribution in [1.29, 1.82) is 0 Å². The molecule has 0 bridgehead atoms. The van der Waals surface area contributed by atoms with Crippen molar-refractivity contribution in [3.63, 3.8) is 0 Å². The zero-order valence-corrected chi connectivity index (χ0v) is 16.1. The Kier molecular flexibility index (Phi) is 4.71. The molecule has 0 fully saturated rings. The highest BCUT2D eigenvalue weighted by Gasteiger charge is 2.15. The number of aromatic nitrogens is 1. The molecule has 0 saturated carbocycles. The summed E-state index contributed by atoms with van der Waals surface area (Å²) in [6.45, 7) is 1.92. The van der Waals surface area contributed by atoms with Gasteiger partial charge in [0.25, 0.3) is 10.0 Å². The highest BCUT2D eigenvalue weighted by atomic mass is 32.2. The van der Waals surface area contributed by atoms with Crippen LogP contribution in [0.4, 0.5) is 11.4 Å². The number of sulfonamides is 1. The molecule has 5 nitrogen and oxygen atoms in total. The molecule has 0 atom stereocenters. The van der Waals surface area contributed by atoms with E-state index in [0.717, 1.165) is 22.0 Å². The number of nitrogens with one attached hydrogen (secondary N) is 2. The monoisotopic (exact) mass is 389 g/mol. The molecule has 0 unspecified atom stereocenters. The number of anilines is 1. The van der Waals surface area contributed by atoms with Crippen LogP contribution in [-0.2, 0) is 10.0 Å². The molecule has 4 aromatic rings. The van der Waals surface area contributed by atoms with Gasteiger partial charge in [-0.25, -0.2) is 8.42 Å². The van der Waals surface area contributed by atoms with Gasteiger partial charge < -0.3 is 4.98 Å². The Hall–Kier alpha value is -3.38. The van der Waals surface area contributed by atoms with Crippen molar-refractivity contribution in [2.24, 2.45) is 4.99 Å². The molecule has 1 aromatic heterocycles. The van der Waals surface area contributed by atoms with Crippen molar-refractivity contribution < 1.29 is 8.42 Å². The van der Waals surface area contributed by atoms with Gasteiger partial charge in [-0.15, -0.1) is 0 Å². The van der Waals surface area contributed by atoms with Crippen molar-refractivity contribution in [3.05, 3.63) is 90.1 Å². The van der Waals surface area contributed by atoms with Gasteiger partial charge in [-0.05, 0) is 37.3 Å². The quantitative estimate of drug-likeness (QED) is 0.470. The van der Waals surface area contributed by atoms with E-state index < -0.39 is 10.0 Å². The fraction of sp³-hybridized carbons (Fsp3) is 0.0455. The van der Waals surface area contributed by atoms with Crippen LogP contribution in [0.15, 0.2) is 88.9 Å². The van der Waals surface area contributed by atoms with E-state index >= 15 is 0 Å². The minimum absolute atomic E-state index is 0.216. The van der Waals surface area contributed by atoms with Crippen LogP contribution in [0.3, 0.4) is 0 Å². The second kappa shape index (κ2) is 7.32. The van der Waals surface area contributed by atoms with Gasteiger partial charge >= 0.3 is 0 Å². The minimum atomic E-state index is -3.69. The molecule has 0 aliphatic heterocycles. The summed E-state index contributed by atoms with van der Waals surface area (Å²) in [5.41, 5.74) is 3.94. The molecule has 3 aromatic carbocycles. The molecular weight excluding hydrogens is 370 g/mol. The number of hydrogen-bond acceptors (Lipinski definition) is 3. The molecule has 0 amide bonds. The Morgan fingerprint density at radius 3 is 2.46 bits per heavy atom. The molecule has 1 heterocycles. The van der Waals surface area contributed by atoms with E-state index in [2.05, 4.69) is 14.7 Å². The zero-order valence-electron chi connectivity index (χ0n) is 15.3. The molecule has 6 heteroatoms. The van der Waals surface area contributed by atoms with E-state index in [1.165, 1.54) is 0 Å². The third-order valence-corrected chi connectivity index (χ3v) is 5.83. The smallest absolute Gasteiger partial charge is 0.261 e. The lowest BCUT2D eigenvalue weighted by Crippen LogP contribution is -2.13. The molecule has 4 rings (SSSR count). The molecule has 2 N–H and O–H groups in total. The van der Waals surface area contributed by atoms with Gasteiger partial charge in [0.15, 0.2) is 0 Å². The summed E-state index contributed by atoms with van der Waals surface area (Å²) >= 11 is 0. The Morgan fingerprint density at radius 2 is 1.64 bits per heavy atom. The lowest BCUT2D eigenvalue weighted by atomic mass is 10.2. The Balaban J connectivity index is 1.64. The molecular formula is C22H19N3O2S. The number of aliphatic imine (C=N–C) groups is 1. The van der Waals surface area contributed by atoms with Crippen molar-refractivity contribution in [2.75, 3.05) is 4.72 Å². The van der Waals surface area contributed by atoms with Crippen LogP contribution in [0.2, 0.25) is 0 Å². The van der Waals surface area contributed by atoms with E-state index in [1.807, 2.05) is 43.5 Å². The standard InChI is InChI=1S/C22H19N3O2S/c1-16-10-12-18(13-11-16)28(26,27)25-22-9-5-4-8-21(22)24-15-17-14-23-20-7-3-2-6-19(17)20/h2-15,23,25H,1H3. The average molecular weight is 389 g/mol. The van der Waals surface area contributed by atoms with E-state index in [4.69, 9.17) is 0 Å². The number of H-pyrrole nitrogens is 1. The number of benzene rings is 3. The number of aromatic amines is 1. The van der Waals surface area contributed by atoms with Gasteiger partial charge in [0.2, 0.25) is 0 Å². The maximum atomic E-state index is 12.7. The third-order valence-electron chi connectivity index (χ3n) is 4.44. The molecule has 140 valence electrons. The maximum absolute atomic E-state index is 12.7. The van der Waals surface area contributed by atoms with E-state index in [1.54, 1.807) is 48.7 Å². The number of nitrogens with zero attached hydrogens (tertiary/aromatic N) is 1. The summed E-state index contributed by atoms with van der Waals surface area (Å²) in [6, 6.07) is 21.8. The van der Waals surface area contributed by atoms with Crippen LogP contribution in [0.5, 0.6) is 0 Å². The fourth-order valence-electron chi connectivity index (χ4n) is 2.93. The van der Waals surface area contributed by atoms with Gasteiger partial charge in [-0.3, -0.25) is 9.71 Å². The summed E-state index contributed by atoms with van der Waals surface area (Å²) < 4.78 is 28.1. The first-order chi connectivity index (χ1) is 13.5. The summed E-state index contributed by atoms with van der Waals surface area (Å²) in [4.78, 5) is 7.94. The van der Waals surface area contributed by atoms with E-state index in [0.29, 0.717) is 11.4 Å². The first kappa shape index (κ1) is 18.0. The molecule has 0 aliphatic carbocycles. The summed E-state index contributed by atoms with van der Waals surface area (Å²) in [6.07, 6.45) is 3.62.